The highest BCUT2D eigenvalue weighted by Crippen LogP contribution is 2.21. The number of carboxylic acids is 1. The molecular weight excluding hydrogens is 256 g/mol. The van der Waals surface area contributed by atoms with E-state index in [0.29, 0.717) is 5.56 Å². The van der Waals surface area contributed by atoms with Crippen LogP contribution in [0.5, 0.6) is 0 Å². The molecule has 1 unspecified atom stereocenters. The van der Waals surface area contributed by atoms with Crippen molar-refractivity contribution in [2.75, 3.05) is 5.75 Å². The van der Waals surface area contributed by atoms with Crippen LogP contribution in [0.1, 0.15) is 12.5 Å². The lowest BCUT2D eigenvalue weighted by Gasteiger charge is -2.25. The topological polar surface area (TPSA) is 107 Å². The molecule has 1 rings (SSSR count). The molecule has 0 bridgehead atoms. The molecule has 0 saturated heterocycles. The van der Waals surface area contributed by atoms with Crippen molar-refractivity contribution >= 4 is 16.0 Å². The van der Waals surface area contributed by atoms with Gasteiger partial charge in [0.1, 0.15) is 0 Å². The van der Waals surface area contributed by atoms with Crippen molar-refractivity contribution in [3.8, 4) is 6.07 Å². The summed E-state index contributed by atoms with van der Waals surface area (Å²) in [5, 5.41) is 17.6. The molecule has 0 aliphatic rings. The van der Waals surface area contributed by atoms with E-state index < -0.39 is 27.3 Å². The van der Waals surface area contributed by atoms with Gasteiger partial charge in [-0.2, -0.15) is 9.98 Å². The van der Waals surface area contributed by atoms with Crippen LogP contribution in [-0.4, -0.2) is 25.2 Å². The van der Waals surface area contributed by atoms with Crippen molar-refractivity contribution in [1.82, 2.24) is 4.72 Å². The third-order valence-corrected chi connectivity index (χ3v) is 3.62. The SMILES string of the molecule is CC(NS(=O)(=O)CC#N)(C(=O)O)c1ccccc1. The molecule has 1 aromatic carbocycles. The molecule has 7 heteroatoms. The van der Waals surface area contributed by atoms with Gasteiger partial charge in [0, 0.05) is 0 Å². The zero-order valence-electron chi connectivity index (χ0n) is 9.62. The Morgan fingerprint density at radius 3 is 2.44 bits per heavy atom. The molecule has 0 aliphatic carbocycles. The van der Waals surface area contributed by atoms with Crippen LogP contribution in [0.4, 0.5) is 0 Å². The molecule has 0 saturated carbocycles. The predicted molar refractivity (Wildman–Crippen MR) is 64.0 cm³/mol. The number of hydrogen-bond acceptors (Lipinski definition) is 4. The molecule has 2 N–H and O–H groups in total. The summed E-state index contributed by atoms with van der Waals surface area (Å²) < 4.78 is 25.1. The summed E-state index contributed by atoms with van der Waals surface area (Å²) in [6.45, 7) is 1.24. The van der Waals surface area contributed by atoms with E-state index in [1.54, 1.807) is 18.2 Å². The van der Waals surface area contributed by atoms with E-state index in [4.69, 9.17) is 5.26 Å². The number of aliphatic carboxylic acids is 1. The Morgan fingerprint density at radius 2 is 2.00 bits per heavy atom. The number of rotatable bonds is 5. The first-order valence-electron chi connectivity index (χ1n) is 4.99. The normalized spacial score (nSPS) is 14.4. The first-order chi connectivity index (χ1) is 8.32. The van der Waals surface area contributed by atoms with E-state index in [1.807, 2.05) is 4.72 Å². The van der Waals surface area contributed by atoms with Crippen molar-refractivity contribution in [3.05, 3.63) is 35.9 Å². The Hall–Kier alpha value is -1.91. The van der Waals surface area contributed by atoms with Crippen LogP contribution in [-0.2, 0) is 20.4 Å². The molecule has 6 nitrogen and oxygen atoms in total. The van der Waals surface area contributed by atoms with E-state index in [2.05, 4.69) is 0 Å². The number of sulfonamides is 1. The van der Waals surface area contributed by atoms with Crippen LogP contribution >= 0.6 is 0 Å². The third kappa shape index (κ3) is 3.06. The van der Waals surface area contributed by atoms with Gasteiger partial charge < -0.3 is 5.11 Å². The van der Waals surface area contributed by atoms with E-state index in [1.165, 1.54) is 25.1 Å². The standard InChI is InChI=1S/C11H12N2O4S/c1-11(10(14)15,9-5-3-2-4-6-9)13-18(16,17)8-7-12/h2-6,13H,8H2,1H3,(H,14,15). The quantitative estimate of drug-likeness (QED) is 0.805. The second-order valence-corrected chi connectivity index (χ2v) is 5.54. The van der Waals surface area contributed by atoms with E-state index in [9.17, 15) is 18.3 Å². The average molecular weight is 268 g/mol. The highest BCUT2D eigenvalue weighted by molar-refractivity contribution is 7.89. The molecule has 0 heterocycles. The summed E-state index contributed by atoms with van der Waals surface area (Å²) in [6, 6.07) is 9.39. The molecule has 96 valence electrons. The number of benzene rings is 1. The lowest BCUT2D eigenvalue weighted by atomic mass is 9.94. The zero-order chi connectivity index (χ0) is 13.8. The largest absolute Gasteiger partial charge is 0.480 e. The van der Waals surface area contributed by atoms with Gasteiger partial charge in [0.2, 0.25) is 10.0 Å². The van der Waals surface area contributed by atoms with Crippen molar-refractivity contribution in [1.29, 1.82) is 5.26 Å². The van der Waals surface area contributed by atoms with Crippen LogP contribution < -0.4 is 4.72 Å². The van der Waals surface area contributed by atoms with Gasteiger partial charge >= 0.3 is 5.97 Å². The summed E-state index contributed by atoms with van der Waals surface area (Å²) in [4.78, 5) is 11.3. The highest BCUT2D eigenvalue weighted by Gasteiger charge is 2.38. The second-order valence-electron chi connectivity index (χ2n) is 3.82. The van der Waals surface area contributed by atoms with Gasteiger partial charge in [-0.1, -0.05) is 30.3 Å². The van der Waals surface area contributed by atoms with Gasteiger partial charge in [0.25, 0.3) is 0 Å². The molecular formula is C11H12N2O4S. The van der Waals surface area contributed by atoms with Gasteiger partial charge in [-0.25, -0.2) is 13.2 Å². The van der Waals surface area contributed by atoms with Crippen LogP contribution in [0, 0.1) is 11.3 Å². The Balaban J connectivity index is 3.20. The maximum Gasteiger partial charge on any atom is 0.329 e. The molecule has 0 amide bonds. The van der Waals surface area contributed by atoms with Gasteiger partial charge in [-0.15, -0.1) is 0 Å². The molecule has 1 aromatic rings. The second kappa shape index (κ2) is 5.16. The van der Waals surface area contributed by atoms with Crippen LogP contribution in [0.3, 0.4) is 0 Å². The molecule has 18 heavy (non-hydrogen) atoms. The maximum absolute atomic E-state index is 11.5. The maximum atomic E-state index is 11.5. The molecule has 0 aliphatic heterocycles. The van der Waals surface area contributed by atoms with Gasteiger partial charge in [0.15, 0.2) is 11.3 Å². The van der Waals surface area contributed by atoms with E-state index in [-0.39, 0.29) is 0 Å². The van der Waals surface area contributed by atoms with Crippen LogP contribution in [0.2, 0.25) is 0 Å². The first kappa shape index (κ1) is 14.2. The summed E-state index contributed by atoms with van der Waals surface area (Å²) in [5.41, 5.74) is -1.50. The predicted octanol–water partition coefficient (Wildman–Crippen LogP) is 0.429. The number of nitrogens with zero attached hydrogens (tertiary/aromatic N) is 1. The molecule has 0 spiro atoms. The van der Waals surface area contributed by atoms with Crippen LogP contribution in [0.15, 0.2) is 30.3 Å². The fourth-order valence-electron chi connectivity index (χ4n) is 1.43. The molecule has 1 atom stereocenters. The number of nitriles is 1. The summed E-state index contributed by atoms with van der Waals surface area (Å²) in [6.07, 6.45) is 0. The Morgan fingerprint density at radius 1 is 1.44 bits per heavy atom. The Kier molecular flexibility index (Phi) is 4.06. The number of carbonyl (C=O) groups is 1. The van der Waals surface area contributed by atoms with Gasteiger partial charge in [0.05, 0.1) is 6.07 Å². The van der Waals surface area contributed by atoms with Crippen molar-refractivity contribution in [2.45, 2.75) is 12.5 Å². The summed E-state index contributed by atoms with van der Waals surface area (Å²) >= 11 is 0. The minimum Gasteiger partial charge on any atom is -0.480 e. The van der Waals surface area contributed by atoms with E-state index in [0.717, 1.165) is 0 Å². The number of hydrogen-bond donors (Lipinski definition) is 2. The average Bonchev–Trinajstić information content (AvgIpc) is 2.29. The van der Waals surface area contributed by atoms with E-state index >= 15 is 0 Å². The molecule has 0 fully saturated rings. The lowest BCUT2D eigenvalue weighted by Crippen LogP contribution is -2.50. The van der Waals surface area contributed by atoms with Gasteiger partial charge in [-0.3, -0.25) is 0 Å². The number of carboxylic acid groups (broad SMARTS) is 1. The first-order valence-corrected chi connectivity index (χ1v) is 6.64. The molecule has 0 radical (unpaired) electrons. The monoisotopic (exact) mass is 268 g/mol. The smallest absolute Gasteiger partial charge is 0.329 e. The summed E-state index contributed by atoms with van der Waals surface area (Å²) in [5.74, 6) is -2.13. The number of nitrogens with one attached hydrogen (secondary N) is 1. The highest BCUT2D eigenvalue weighted by atomic mass is 32.2. The summed E-state index contributed by atoms with van der Waals surface area (Å²) in [7, 11) is -3.97. The third-order valence-electron chi connectivity index (χ3n) is 2.39. The van der Waals surface area contributed by atoms with Crippen LogP contribution in [0.25, 0.3) is 0 Å². The lowest BCUT2D eigenvalue weighted by molar-refractivity contribution is -0.143. The fraction of sp³-hybridized carbons (Fsp3) is 0.273. The Bertz CT molecular complexity index is 577. The van der Waals surface area contributed by atoms with Gasteiger partial charge in [-0.05, 0) is 12.5 Å². The van der Waals surface area contributed by atoms with Crippen molar-refractivity contribution in [2.24, 2.45) is 0 Å². The Labute approximate surface area is 105 Å². The minimum atomic E-state index is -3.97. The van der Waals surface area contributed by atoms with Crippen molar-refractivity contribution < 1.29 is 18.3 Å². The minimum absolute atomic E-state index is 0.291. The zero-order valence-corrected chi connectivity index (χ0v) is 10.4. The fourth-order valence-corrected chi connectivity index (χ4v) is 2.50. The van der Waals surface area contributed by atoms with Crippen molar-refractivity contribution in [3.63, 3.8) is 0 Å². The molecule has 0 aromatic heterocycles.